The van der Waals surface area contributed by atoms with Crippen molar-refractivity contribution in [2.45, 2.75) is 39.0 Å². The molecule has 4 rings (SSSR count). The summed E-state index contributed by atoms with van der Waals surface area (Å²) in [5.41, 5.74) is 2.30. The largest absolute Gasteiger partial charge is 0.408 e. The lowest BCUT2D eigenvalue weighted by atomic mass is 10.2. The van der Waals surface area contributed by atoms with E-state index in [1.165, 1.54) is 9.08 Å². The minimum Gasteiger partial charge on any atom is -0.371 e. The van der Waals surface area contributed by atoms with Crippen LogP contribution in [0.5, 0.6) is 0 Å². The molecule has 0 bridgehead atoms. The Bertz CT molecular complexity index is 1280. The van der Waals surface area contributed by atoms with Gasteiger partial charge in [-0.05, 0) is 32.0 Å². The van der Waals surface area contributed by atoms with E-state index in [9.17, 15) is 22.0 Å². The fourth-order valence-electron chi connectivity index (χ4n) is 3.36. The van der Waals surface area contributed by atoms with Gasteiger partial charge < -0.3 is 15.2 Å². The Kier molecular flexibility index (Phi) is 5.34. The third kappa shape index (κ3) is 3.89. The molecule has 1 atom stereocenters. The van der Waals surface area contributed by atoms with Gasteiger partial charge in [-0.1, -0.05) is 0 Å². The van der Waals surface area contributed by atoms with Gasteiger partial charge in [-0.25, -0.2) is 23.3 Å². The molecule has 0 unspecified atom stereocenters. The zero-order chi connectivity index (χ0) is 23.2. The summed E-state index contributed by atoms with van der Waals surface area (Å²) >= 11 is 0. The number of pyridine rings is 1. The van der Waals surface area contributed by atoms with Crippen LogP contribution in [-0.4, -0.2) is 54.8 Å². The summed E-state index contributed by atoms with van der Waals surface area (Å²) in [5, 5.41) is 9.22. The van der Waals surface area contributed by atoms with Gasteiger partial charge in [0.1, 0.15) is 22.9 Å². The van der Waals surface area contributed by atoms with Crippen molar-refractivity contribution in [3.8, 4) is 11.3 Å². The molecule has 4 aromatic heterocycles. The van der Waals surface area contributed by atoms with Crippen LogP contribution in [-0.2, 0) is 6.54 Å². The normalized spacial score (nSPS) is 13.3. The highest BCUT2D eigenvalue weighted by Gasteiger charge is 2.36. The molecule has 170 valence electrons. The topological polar surface area (TPSA) is 85.0 Å². The molecule has 0 fully saturated rings. The van der Waals surface area contributed by atoms with E-state index in [4.69, 9.17) is 0 Å². The zero-order valence-corrected chi connectivity index (χ0v) is 17.2. The molecule has 13 heteroatoms. The highest BCUT2D eigenvalue weighted by Crippen LogP contribution is 2.31. The van der Waals surface area contributed by atoms with Gasteiger partial charge in [0.15, 0.2) is 11.5 Å². The van der Waals surface area contributed by atoms with Crippen LogP contribution in [0.3, 0.4) is 0 Å². The number of anilines is 2. The van der Waals surface area contributed by atoms with Gasteiger partial charge in [-0.15, -0.1) is 5.10 Å². The molecule has 0 aromatic carbocycles. The third-order valence-electron chi connectivity index (χ3n) is 4.96. The number of rotatable bonds is 6. The Morgan fingerprint density at radius 3 is 2.50 bits per heavy atom. The monoisotopic (exact) mass is 454 g/mol. The predicted molar refractivity (Wildman–Crippen MR) is 109 cm³/mol. The molecule has 2 N–H and O–H groups in total. The molecule has 0 saturated carbocycles. The lowest BCUT2D eigenvalue weighted by molar-refractivity contribution is -0.138. The van der Waals surface area contributed by atoms with Crippen LogP contribution in [0.2, 0.25) is 0 Å². The molecule has 0 aliphatic carbocycles. The molecule has 32 heavy (non-hydrogen) atoms. The maximum Gasteiger partial charge on any atom is 0.408 e. The number of imidazole rings is 1. The Morgan fingerprint density at radius 1 is 1.09 bits per heavy atom. The first kappa shape index (κ1) is 21.7. The summed E-state index contributed by atoms with van der Waals surface area (Å²) in [7, 11) is 1.58. The minimum atomic E-state index is -4.46. The highest BCUT2D eigenvalue weighted by molar-refractivity contribution is 5.89. The average molecular weight is 454 g/mol. The SMILES string of the molecule is CNc1nc(N[C@H](C)C(F)(F)F)nn2ccc(-c3ccc4nc(C)n(CC(F)F)c4n3)c12. The zero-order valence-electron chi connectivity index (χ0n) is 17.2. The van der Waals surface area contributed by atoms with E-state index in [1.807, 2.05) is 0 Å². The first-order chi connectivity index (χ1) is 15.1. The van der Waals surface area contributed by atoms with Gasteiger partial charge in [0.25, 0.3) is 6.43 Å². The van der Waals surface area contributed by atoms with Crippen molar-refractivity contribution in [3.63, 3.8) is 0 Å². The highest BCUT2D eigenvalue weighted by atomic mass is 19.4. The fourth-order valence-corrected chi connectivity index (χ4v) is 3.36. The number of hydrogen-bond acceptors (Lipinski definition) is 6. The van der Waals surface area contributed by atoms with Crippen LogP contribution in [0.4, 0.5) is 33.7 Å². The summed E-state index contributed by atoms with van der Waals surface area (Å²) in [6.45, 7) is 2.06. The average Bonchev–Trinajstić information content (AvgIpc) is 3.27. The van der Waals surface area contributed by atoms with E-state index in [0.717, 1.165) is 6.92 Å². The van der Waals surface area contributed by atoms with E-state index in [-0.39, 0.29) is 11.8 Å². The van der Waals surface area contributed by atoms with Gasteiger partial charge in [0, 0.05) is 18.8 Å². The molecule has 0 spiro atoms. The van der Waals surface area contributed by atoms with Gasteiger partial charge in [0.2, 0.25) is 5.95 Å². The number of nitrogens with one attached hydrogen (secondary N) is 2. The van der Waals surface area contributed by atoms with Crippen LogP contribution in [0, 0.1) is 6.92 Å². The minimum absolute atomic E-state index is 0.206. The number of aromatic nitrogens is 6. The molecule has 0 aliphatic rings. The fraction of sp³-hybridized carbons (Fsp3) is 0.368. The summed E-state index contributed by atoms with van der Waals surface area (Å²) < 4.78 is 67.4. The van der Waals surface area contributed by atoms with Crippen LogP contribution >= 0.6 is 0 Å². The van der Waals surface area contributed by atoms with Crippen LogP contribution in [0.1, 0.15) is 12.7 Å². The Hall–Kier alpha value is -3.51. The molecule has 0 radical (unpaired) electrons. The Morgan fingerprint density at radius 2 is 1.84 bits per heavy atom. The predicted octanol–water partition coefficient (Wildman–Crippen LogP) is 4.12. The third-order valence-corrected chi connectivity index (χ3v) is 4.96. The Labute approximate surface area is 178 Å². The summed E-state index contributed by atoms with van der Waals surface area (Å²) in [4.78, 5) is 13.0. The molecule has 0 aliphatic heterocycles. The number of hydrogen-bond donors (Lipinski definition) is 2. The molecule has 8 nitrogen and oxygen atoms in total. The summed E-state index contributed by atoms with van der Waals surface area (Å²) in [6.07, 6.45) is -5.47. The molecular weight excluding hydrogens is 435 g/mol. The van der Waals surface area contributed by atoms with Gasteiger partial charge in [-0.3, -0.25) is 0 Å². The van der Waals surface area contributed by atoms with Crippen molar-refractivity contribution in [3.05, 3.63) is 30.2 Å². The second-order valence-electron chi connectivity index (χ2n) is 7.16. The van der Waals surface area contributed by atoms with Crippen molar-refractivity contribution < 1.29 is 22.0 Å². The first-order valence-electron chi connectivity index (χ1n) is 9.61. The van der Waals surface area contributed by atoms with Gasteiger partial charge >= 0.3 is 6.18 Å². The lowest BCUT2D eigenvalue weighted by Gasteiger charge is -2.17. The maximum absolute atomic E-state index is 13.0. The number of alkyl halides is 5. The van der Waals surface area contributed by atoms with Crippen molar-refractivity contribution in [2.24, 2.45) is 0 Å². The van der Waals surface area contributed by atoms with Crippen LogP contribution in [0.15, 0.2) is 24.4 Å². The smallest absolute Gasteiger partial charge is 0.371 e. The number of aryl methyl sites for hydroxylation is 1. The molecule has 4 heterocycles. The standard InChI is InChI=1S/C19H19F5N8/c1-9(19(22,23)24)26-18-29-16(25-3)15-11(6-7-32(15)30-18)12-4-5-13-17(28-12)31(8-14(20)21)10(2)27-13/h4-7,9,14H,8H2,1-3H3,(H2,25,26,29,30)/t9-/m1/s1. The van der Waals surface area contributed by atoms with E-state index < -0.39 is 25.2 Å². The summed E-state index contributed by atoms with van der Waals surface area (Å²) in [6, 6.07) is 3.20. The molecule has 0 saturated heterocycles. The van der Waals surface area contributed by atoms with Crippen molar-refractivity contribution in [1.29, 1.82) is 0 Å². The van der Waals surface area contributed by atoms with Crippen LogP contribution < -0.4 is 10.6 Å². The molecule has 4 aromatic rings. The molecule has 0 amide bonds. The summed E-state index contributed by atoms with van der Waals surface area (Å²) in [5.74, 6) is 0.486. The van der Waals surface area contributed by atoms with Gasteiger partial charge in [0.05, 0.1) is 12.2 Å². The van der Waals surface area contributed by atoms with Crippen LogP contribution in [0.25, 0.3) is 27.9 Å². The number of nitrogens with zero attached hydrogens (tertiary/aromatic N) is 6. The quantitative estimate of drug-likeness (QED) is 0.427. The van der Waals surface area contributed by atoms with Crippen molar-refractivity contribution in [1.82, 2.24) is 29.1 Å². The van der Waals surface area contributed by atoms with E-state index in [2.05, 4.69) is 30.7 Å². The Balaban J connectivity index is 1.80. The van der Waals surface area contributed by atoms with Crippen molar-refractivity contribution in [2.75, 3.05) is 17.7 Å². The van der Waals surface area contributed by atoms with E-state index >= 15 is 0 Å². The maximum atomic E-state index is 13.0. The molecular formula is C19H19F5N8. The van der Waals surface area contributed by atoms with E-state index in [0.29, 0.717) is 33.8 Å². The van der Waals surface area contributed by atoms with E-state index in [1.54, 1.807) is 38.4 Å². The number of fused-ring (bicyclic) bond motifs is 2. The number of halogens is 5. The van der Waals surface area contributed by atoms with Gasteiger partial charge in [-0.2, -0.15) is 18.2 Å². The lowest BCUT2D eigenvalue weighted by Crippen LogP contribution is -2.34. The second kappa shape index (κ2) is 7.88. The van der Waals surface area contributed by atoms with Crippen molar-refractivity contribution >= 4 is 28.4 Å². The first-order valence-corrected chi connectivity index (χ1v) is 9.61. The second-order valence-corrected chi connectivity index (χ2v) is 7.16.